The van der Waals surface area contributed by atoms with Crippen LogP contribution in [0.4, 0.5) is 4.79 Å². The summed E-state index contributed by atoms with van der Waals surface area (Å²) in [4.78, 5) is 22.8. The zero-order chi connectivity index (χ0) is 13.3. The number of hydrogen-bond acceptors (Lipinski definition) is 2. The predicted octanol–water partition coefficient (Wildman–Crippen LogP) is 1.73. The fraction of sp³-hybridized carbons (Fsp3) is 0.833. The van der Waals surface area contributed by atoms with Gasteiger partial charge in [-0.3, -0.25) is 0 Å². The molecule has 0 aromatic carbocycles. The van der Waals surface area contributed by atoms with Crippen LogP contribution in [0.1, 0.15) is 47.0 Å². The molecule has 0 heterocycles. The summed E-state index contributed by atoms with van der Waals surface area (Å²) >= 11 is 0. The summed E-state index contributed by atoms with van der Waals surface area (Å²) < 4.78 is 0. The van der Waals surface area contributed by atoms with Crippen LogP contribution >= 0.6 is 0 Å². The maximum atomic E-state index is 11.7. The molecule has 1 rings (SSSR count). The molecule has 0 radical (unpaired) electrons. The highest BCUT2D eigenvalue weighted by Crippen LogP contribution is 2.44. The molecule has 17 heavy (non-hydrogen) atoms. The summed E-state index contributed by atoms with van der Waals surface area (Å²) in [5.41, 5.74) is -1.04. The predicted molar refractivity (Wildman–Crippen MR) is 64.8 cm³/mol. The van der Waals surface area contributed by atoms with Crippen molar-refractivity contribution in [1.82, 2.24) is 10.6 Å². The van der Waals surface area contributed by atoms with Gasteiger partial charge in [0.1, 0.15) is 5.54 Å². The minimum absolute atomic E-state index is 0.141. The normalized spacial score (nSPS) is 24.6. The summed E-state index contributed by atoms with van der Waals surface area (Å²) in [5.74, 6) is -0.996. The number of urea groups is 1. The van der Waals surface area contributed by atoms with Gasteiger partial charge in [0.05, 0.1) is 0 Å². The van der Waals surface area contributed by atoms with E-state index in [2.05, 4.69) is 24.5 Å². The second-order valence-electron chi connectivity index (χ2n) is 5.73. The Hall–Kier alpha value is -1.26. The molecule has 0 spiro atoms. The molecule has 2 amide bonds. The lowest BCUT2D eigenvalue weighted by atomic mass is 9.97. The number of carboxylic acid groups (broad SMARTS) is 1. The van der Waals surface area contributed by atoms with Crippen molar-refractivity contribution in [3.05, 3.63) is 0 Å². The van der Waals surface area contributed by atoms with E-state index in [1.165, 1.54) is 6.92 Å². The number of hydrogen-bond donors (Lipinski definition) is 3. The largest absolute Gasteiger partial charge is 0.480 e. The van der Waals surface area contributed by atoms with Crippen LogP contribution in [0.15, 0.2) is 0 Å². The Morgan fingerprint density at radius 2 is 2.00 bits per heavy atom. The second-order valence-corrected chi connectivity index (χ2v) is 5.73. The van der Waals surface area contributed by atoms with Crippen molar-refractivity contribution in [2.45, 2.75) is 58.5 Å². The van der Waals surface area contributed by atoms with Crippen molar-refractivity contribution >= 4 is 12.0 Å². The molecule has 98 valence electrons. The minimum Gasteiger partial charge on any atom is -0.480 e. The van der Waals surface area contributed by atoms with Crippen LogP contribution in [0.3, 0.4) is 0 Å². The van der Waals surface area contributed by atoms with Crippen molar-refractivity contribution in [2.24, 2.45) is 5.41 Å². The number of amides is 2. The molecular formula is C12H22N2O3. The van der Waals surface area contributed by atoms with Gasteiger partial charge >= 0.3 is 12.0 Å². The molecule has 2 atom stereocenters. The first-order valence-corrected chi connectivity index (χ1v) is 6.03. The smallest absolute Gasteiger partial charge is 0.329 e. The van der Waals surface area contributed by atoms with E-state index >= 15 is 0 Å². The minimum atomic E-state index is -1.18. The van der Waals surface area contributed by atoms with Crippen molar-refractivity contribution in [3.8, 4) is 0 Å². The third-order valence-corrected chi connectivity index (χ3v) is 3.43. The van der Waals surface area contributed by atoms with Gasteiger partial charge in [0.25, 0.3) is 0 Å². The van der Waals surface area contributed by atoms with Gasteiger partial charge in [0.15, 0.2) is 0 Å². The molecule has 5 nitrogen and oxygen atoms in total. The Morgan fingerprint density at radius 1 is 1.47 bits per heavy atom. The standard InChI is InChI=1S/C12H22N2O3/c1-5-6-12(4,9(15)16)14-10(17)13-8-7-11(8,2)3/h8H,5-7H2,1-4H3,(H,15,16)(H2,13,14,17). The molecule has 0 aromatic rings. The molecule has 1 fully saturated rings. The number of carbonyl (C=O) groups excluding carboxylic acids is 1. The fourth-order valence-electron chi connectivity index (χ4n) is 1.88. The van der Waals surface area contributed by atoms with E-state index in [-0.39, 0.29) is 17.5 Å². The average molecular weight is 242 g/mol. The summed E-state index contributed by atoms with van der Waals surface area (Å²) in [6.45, 7) is 7.57. The van der Waals surface area contributed by atoms with Gasteiger partial charge in [-0.2, -0.15) is 0 Å². The van der Waals surface area contributed by atoms with Crippen LogP contribution in [0.2, 0.25) is 0 Å². The third-order valence-electron chi connectivity index (χ3n) is 3.43. The van der Waals surface area contributed by atoms with Crippen molar-refractivity contribution < 1.29 is 14.7 Å². The van der Waals surface area contributed by atoms with Gasteiger partial charge in [0.2, 0.25) is 0 Å². The molecule has 0 bridgehead atoms. The second kappa shape index (κ2) is 4.55. The van der Waals surface area contributed by atoms with Crippen LogP contribution in [0.5, 0.6) is 0 Å². The first-order valence-electron chi connectivity index (χ1n) is 6.03. The SMILES string of the molecule is CCCC(C)(NC(=O)NC1CC1(C)C)C(=O)O. The van der Waals surface area contributed by atoms with E-state index in [0.29, 0.717) is 12.8 Å². The van der Waals surface area contributed by atoms with Crippen LogP contribution in [-0.2, 0) is 4.79 Å². The lowest BCUT2D eigenvalue weighted by Gasteiger charge is -2.26. The molecule has 3 N–H and O–H groups in total. The van der Waals surface area contributed by atoms with Gasteiger partial charge in [0, 0.05) is 6.04 Å². The van der Waals surface area contributed by atoms with E-state index in [4.69, 9.17) is 5.11 Å². The van der Waals surface area contributed by atoms with E-state index in [9.17, 15) is 9.59 Å². The Morgan fingerprint density at radius 3 is 2.35 bits per heavy atom. The highest BCUT2D eigenvalue weighted by Gasteiger charge is 2.47. The molecule has 0 aromatic heterocycles. The average Bonchev–Trinajstić information content (AvgIpc) is 2.72. The van der Waals surface area contributed by atoms with Crippen LogP contribution < -0.4 is 10.6 Å². The zero-order valence-electron chi connectivity index (χ0n) is 11.0. The molecule has 0 saturated heterocycles. The zero-order valence-corrected chi connectivity index (χ0v) is 11.0. The Bertz CT molecular complexity index is 328. The Balaban J connectivity index is 2.51. The van der Waals surface area contributed by atoms with Crippen LogP contribution in [-0.4, -0.2) is 28.7 Å². The molecule has 1 saturated carbocycles. The van der Waals surface area contributed by atoms with Gasteiger partial charge in [-0.25, -0.2) is 9.59 Å². The highest BCUT2D eigenvalue weighted by atomic mass is 16.4. The Kier molecular flexibility index (Phi) is 3.69. The van der Waals surface area contributed by atoms with Gasteiger partial charge in [-0.05, 0) is 25.2 Å². The molecule has 5 heteroatoms. The van der Waals surface area contributed by atoms with Crippen molar-refractivity contribution in [1.29, 1.82) is 0 Å². The first-order chi connectivity index (χ1) is 7.71. The van der Waals surface area contributed by atoms with Gasteiger partial charge in [-0.15, -0.1) is 0 Å². The number of carboxylic acids is 1. The van der Waals surface area contributed by atoms with Crippen LogP contribution in [0, 0.1) is 5.41 Å². The third kappa shape index (κ3) is 3.35. The van der Waals surface area contributed by atoms with Gasteiger partial charge in [-0.1, -0.05) is 27.2 Å². The van der Waals surface area contributed by atoms with E-state index < -0.39 is 11.5 Å². The number of nitrogens with one attached hydrogen (secondary N) is 2. The van der Waals surface area contributed by atoms with Crippen molar-refractivity contribution in [3.63, 3.8) is 0 Å². The molecule has 2 unspecified atom stereocenters. The maximum Gasteiger partial charge on any atom is 0.329 e. The molecule has 1 aliphatic rings. The molecule has 0 aliphatic heterocycles. The lowest BCUT2D eigenvalue weighted by molar-refractivity contribution is -0.144. The number of rotatable bonds is 5. The van der Waals surface area contributed by atoms with Crippen molar-refractivity contribution in [2.75, 3.05) is 0 Å². The fourth-order valence-corrected chi connectivity index (χ4v) is 1.88. The first kappa shape index (κ1) is 13.8. The lowest BCUT2D eigenvalue weighted by Crippen LogP contribution is -2.55. The summed E-state index contributed by atoms with van der Waals surface area (Å²) in [6.07, 6.45) is 2.07. The van der Waals surface area contributed by atoms with E-state index in [1.807, 2.05) is 6.92 Å². The monoisotopic (exact) mass is 242 g/mol. The van der Waals surface area contributed by atoms with Crippen LogP contribution in [0.25, 0.3) is 0 Å². The molecule has 1 aliphatic carbocycles. The summed E-state index contributed by atoms with van der Waals surface area (Å²) in [6, 6.07) is -0.235. The number of aliphatic carboxylic acids is 1. The highest BCUT2D eigenvalue weighted by molar-refractivity contribution is 5.86. The Labute approximate surface area is 102 Å². The van der Waals surface area contributed by atoms with Gasteiger partial charge < -0.3 is 15.7 Å². The summed E-state index contributed by atoms with van der Waals surface area (Å²) in [7, 11) is 0. The number of carbonyl (C=O) groups is 2. The maximum absolute atomic E-state index is 11.7. The molecular weight excluding hydrogens is 220 g/mol. The van der Waals surface area contributed by atoms with E-state index in [0.717, 1.165) is 6.42 Å². The quantitative estimate of drug-likeness (QED) is 0.687. The topological polar surface area (TPSA) is 78.4 Å². The van der Waals surface area contributed by atoms with E-state index in [1.54, 1.807) is 0 Å². The summed E-state index contributed by atoms with van der Waals surface area (Å²) in [5, 5.41) is 14.5.